The first-order chi connectivity index (χ1) is 7.17. The standard InChI is InChI=1S/C11H20N2/c1-2-4-13-8-9-5-10(7-12-6-9)11(13)3-1/h9-12H,1-8H2/i7D2. The second-order valence-electron chi connectivity index (χ2n) is 4.79. The smallest absolute Gasteiger partial charge is 0.0431 e. The highest BCUT2D eigenvalue weighted by Crippen LogP contribution is 2.34. The molecule has 0 amide bonds. The monoisotopic (exact) mass is 182 g/mol. The van der Waals surface area contributed by atoms with Crippen LogP contribution in [0.4, 0.5) is 0 Å². The van der Waals surface area contributed by atoms with E-state index in [0.717, 1.165) is 13.0 Å². The molecular formula is C11H20N2. The lowest BCUT2D eigenvalue weighted by molar-refractivity contribution is 0.0109. The summed E-state index contributed by atoms with van der Waals surface area (Å²) in [5, 5.41) is 3.10. The zero-order valence-electron chi connectivity index (χ0n) is 10.1. The number of rotatable bonds is 0. The molecule has 0 aromatic rings. The molecule has 3 fully saturated rings. The Morgan fingerprint density at radius 2 is 2.38 bits per heavy atom. The predicted octanol–water partition coefficient (Wildman–Crippen LogP) is 1.08. The van der Waals surface area contributed by atoms with Gasteiger partial charge in [0.25, 0.3) is 0 Å². The van der Waals surface area contributed by atoms with Gasteiger partial charge in [-0.25, -0.2) is 0 Å². The van der Waals surface area contributed by atoms with Crippen molar-refractivity contribution in [2.24, 2.45) is 11.8 Å². The van der Waals surface area contributed by atoms with E-state index in [0.29, 0.717) is 12.0 Å². The van der Waals surface area contributed by atoms with Crippen LogP contribution in [0.1, 0.15) is 28.4 Å². The molecule has 0 radical (unpaired) electrons. The molecule has 3 saturated heterocycles. The molecule has 0 spiro atoms. The van der Waals surface area contributed by atoms with Crippen LogP contribution in [-0.2, 0) is 0 Å². The Hall–Kier alpha value is -0.0800. The maximum Gasteiger partial charge on any atom is 0.0431 e. The maximum absolute atomic E-state index is 8.06. The van der Waals surface area contributed by atoms with Crippen LogP contribution in [0.15, 0.2) is 0 Å². The second kappa shape index (κ2) is 3.25. The lowest BCUT2D eigenvalue weighted by Crippen LogP contribution is -2.58. The molecule has 0 aromatic heterocycles. The molecule has 1 N–H and O–H groups in total. The number of hydrogen-bond donors (Lipinski definition) is 1. The summed E-state index contributed by atoms with van der Waals surface area (Å²) in [6.07, 6.45) is 4.91. The van der Waals surface area contributed by atoms with Crippen LogP contribution >= 0.6 is 0 Å². The Morgan fingerprint density at radius 3 is 3.38 bits per heavy atom. The van der Waals surface area contributed by atoms with Gasteiger partial charge in [0.1, 0.15) is 0 Å². The van der Waals surface area contributed by atoms with Gasteiger partial charge >= 0.3 is 0 Å². The van der Waals surface area contributed by atoms with Crippen molar-refractivity contribution in [2.75, 3.05) is 26.1 Å². The summed E-state index contributed by atoms with van der Waals surface area (Å²) in [6, 6.07) is 0.512. The van der Waals surface area contributed by atoms with Gasteiger partial charge in [-0.2, -0.15) is 0 Å². The van der Waals surface area contributed by atoms with E-state index in [2.05, 4.69) is 10.2 Å². The van der Waals surface area contributed by atoms with E-state index in [9.17, 15) is 0 Å². The van der Waals surface area contributed by atoms with Crippen molar-refractivity contribution in [1.82, 2.24) is 10.2 Å². The van der Waals surface area contributed by atoms with E-state index < -0.39 is 6.50 Å². The van der Waals surface area contributed by atoms with E-state index in [1.807, 2.05) is 0 Å². The van der Waals surface area contributed by atoms with Crippen LogP contribution in [0.5, 0.6) is 0 Å². The summed E-state index contributed by atoms with van der Waals surface area (Å²) in [5.74, 6) is 0.915. The summed E-state index contributed by atoms with van der Waals surface area (Å²) in [4.78, 5) is 2.56. The highest BCUT2D eigenvalue weighted by molar-refractivity contribution is 4.94. The van der Waals surface area contributed by atoms with Crippen molar-refractivity contribution in [3.63, 3.8) is 0 Å². The minimum absolute atomic E-state index is 0.227. The SMILES string of the molecule is [2H]C1([2H])NCC2CC1C1CCCCN1C2. The van der Waals surface area contributed by atoms with Gasteiger partial charge in [-0.05, 0) is 50.7 Å². The third-order valence-electron chi connectivity index (χ3n) is 3.89. The van der Waals surface area contributed by atoms with Crippen molar-refractivity contribution in [1.29, 1.82) is 0 Å². The molecule has 2 bridgehead atoms. The summed E-state index contributed by atoms with van der Waals surface area (Å²) in [7, 11) is 0. The topological polar surface area (TPSA) is 15.3 Å². The van der Waals surface area contributed by atoms with Crippen molar-refractivity contribution in [3.05, 3.63) is 0 Å². The summed E-state index contributed by atoms with van der Waals surface area (Å²) in [5.41, 5.74) is 0. The Bertz CT molecular complexity index is 257. The molecule has 3 rings (SSSR count). The Morgan fingerprint density at radius 1 is 1.38 bits per heavy atom. The normalized spacial score (nSPS) is 51.8. The molecule has 3 atom stereocenters. The molecule has 74 valence electrons. The number of nitrogens with zero attached hydrogens (tertiary/aromatic N) is 1. The van der Waals surface area contributed by atoms with Crippen molar-refractivity contribution < 1.29 is 2.74 Å². The fraction of sp³-hybridized carbons (Fsp3) is 1.00. The molecule has 3 heterocycles. The first-order valence-electron chi connectivity index (χ1n) is 6.66. The van der Waals surface area contributed by atoms with E-state index in [1.165, 1.54) is 32.4 Å². The van der Waals surface area contributed by atoms with Gasteiger partial charge in [0, 0.05) is 15.3 Å². The van der Waals surface area contributed by atoms with Gasteiger partial charge in [0.15, 0.2) is 0 Å². The average molecular weight is 182 g/mol. The molecular weight excluding hydrogens is 160 g/mol. The Balaban J connectivity index is 1.85. The number of hydrogen-bond acceptors (Lipinski definition) is 2. The highest BCUT2D eigenvalue weighted by Gasteiger charge is 2.38. The highest BCUT2D eigenvalue weighted by atomic mass is 15.2. The maximum atomic E-state index is 8.06. The molecule has 3 aliphatic rings. The fourth-order valence-electron chi connectivity index (χ4n) is 3.26. The van der Waals surface area contributed by atoms with Crippen LogP contribution in [0.2, 0.25) is 0 Å². The molecule has 2 nitrogen and oxygen atoms in total. The Kier molecular flexibility index (Phi) is 1.60. The summed E-state index contributed by atoms with van der Waals surface area (Å²) in [6.45, 7) is 2.14. The minimum atomic E-state index is -1.13. The molecule has 3 aliphatic heterocycles. The third kappa shape index (κ3) is 1.40. The Labute approximate surface area is 83.5 Å². The van der Waals surface area contributed by atoms with Gasteiger partial charge in [0.05, 0.1) is 0 Å². The van der Waals surface area contributed by atoms with Crippen LogP contribution in [0, 0.1) is 11.8 Å². The van der Waals surface area contributed by atoms with E-state index in [4.69, 9.17) is 2.74 Å². The fourth-order valence-corrected chi connectivity index (χ4v) is 3.26. The van der Waals surface area contributed by atoms with Crippen LogP contribution < -0.4 is 5.32 Å². The predicted molar refractivity (Wildman–Crippen MR) is 53.7 cm³/mol. The van der Waals surface area contributed by atoms with Crippen molar-refractivity contribution in [2.45, 2.75) is 31.7 Å². The average Bonchev–Trinajstić information content (AvgIpc) is 2.24. The van der Waals surface area contributed by atoms with Crippen LogP contribution in [0.3, 0.4) is 0 Å². The van der Waals surface area contributed by atoms with Gasteiger partial charge in [-0.3, -0.25) is 4.90 Å². The van der Waals surface area contributed by atoms with Crippen LogP contribution in [-0.4, -0.2) is 37.1 Å². The van der Waals surface area contributed by atoms with Gasteiger partial charge in [-0.1, -0.05) is 6.42 Å². The minimum Gasteiger partial charge on any atom is -0.316 e. The largest absolute Gasteiger partial charge is 0.316 e. The van der Waals surface area contributed by atoms with Gasteiger partial charge in [0.2, 0.25) is 0 Å². The van der Waals surface area contributed by atoms with Gasteiger partial charge in [-0.15, -0.1) is 0 Å². The van der Waals surface area contributed by atoms with E-state index >= 15 is 0 Å². The lowest BCUT2D eigenvalue weighted by Gasteiger charge is -2.50. The summed E-state index contributed by atoms with van der Waals surface area (Å²) >= 11 is 0. The molecule has 13 heavy (non-hydrogen) atoms. The number of piperidine rings is 3. The lowest BCUT2D eigenvalue weighted by atomic mass is 9.77. The molecule has 0 aliphatic carbocycles. The second-order valence-corrected chi connectivity index (χ2v) is 4.79. The zero-order chi connectivity index (χ0) is 10.5. The quantitative estimate of drug-likeness (QED) is 0.603. The van der Waals surface area contributed by atoms with Crippen molar-refractivity contribution >= 4 is 0 Å². The first-order valence-corrected chi connectivity index (χ1v) is 5.66. The molecule has 3 unspecified atom stereocenters. The first kappa shape index (κ1) is 6.41. The number of nitrogens with one attached hydrogen (secondary N) is 1. The molecule has 0 saturated carbocycles. The molecule has 0 aromatic carbocycles. The third-order valence-corrected chi connectivity index (χ3v) is 3.89. The van der Waals surface area contributed by atoms with E-state index in [-0.39, 0.29) is 5.92 Å². The van der Waals surface area contributed by atoms with Crippen molar-refractivity contribution in [3.8, 4) is 0 Å². The van der Waals surface area contributed by atoms with E-state index in [1.54, 1.807) is 0 Å². The van der Waals surface area contributed by atoms with Gasteiger partial charge < -0.3 is 5.32 Å². The summed E-state index contributed by atoms with van der Waals surface area (Å²) < 4.78 is 16.1. The number of fused-ring (bicyclic) bond motifs is 4. The zero-order valence-corrected chi connectivity index (χ0v) is 8.13. The van der Waals surface area contributed by atoms with Crippen LogP contribution in [0.25, 0.3) is 0 Å². The molecule has 2 heteroatoms.